The SMILES string of the molecule is CC(C)(O)c1ccc2c(c1)C(=O)N(C(CC(=O)O)c1ccc(Cl)cc1)C2(OCC1(CO)CC1)c1ccc(Cl)cc1. The van der Waals surface area contributed by atoms with Gasteiger partial charge in [-0.05, 0) is 68.1 Å². The molecule has 1 aliphatic heterocycles. The fourth-order valence-corrected chi connectivity index (χ4v) is 5.60. The molecule has 7 nitrogen and oxygen atoms in total. The minimum Gasteiger partial charge on any atom is -0.481 e. The van der Waals surface area contributed by atoms with Crippen molar-refractivity contribution in [2.24, 2.45) is 5.41 Å². The molecule has 9 heteroatoms. The summed E-state index contributed by atoms with van der Waals surface area (Å²) in [6, 6.07) is 17.8. The van der Waals surface area contributed by atoms with Gasteiger partial charge in [0.1, 0.15) is 0 Å². The number of aliphatic hydroxyl groups excluding tert-OH is 1. The van der Waals surface area contributed by atoms with Crippen molar-refractivity contribution in [3.8, 4) is 0 Å². The Morgan fingerprint density at radius 1 is 1.02 bits per heavy atom. The van der Waals surface area contributed by atoms with Crippen LogP contribution in [-0.4, -0.2) is 45.3 Å². The number of halogens is 2. The van der Waals surface area contributed by atoms with Gasteiger partial charge < -0.3 is 20.1 Å². The summed E-state index contributed by atoms with van der Waals surface area (Å²) in [7, 11) is 0. The number of hydrogen-bond donors (Lipinski definition) is 3. The second kappa shape index (κ2) is 10.5. The van der Waals surface area contributed by atoms with E-state index >= 15 is 0 Å². The predicted octanol–water partition coefficient (Wildman–Crippen LogP) is 5.88. The molecule has 3 aromatic carbocycles. The van der Waals surface area contributed by atoms with Crippen LogP contribution in [0.4, 0.5) is 0 Å². The van der Waals surface area contributed by atoms with Gasteiger partial charge in [-0.25, -0.2) is 0 Å². The van der Waals surface area contributed by atoms with Gasteiger partial charge in [0.2, 0.25) is 0 Å². The van der Waals surface area contributed by atoms with Gasteiger partial charge in [0.25, 0.3) is 5.91 Å². The zero-order chi connectivity index (χ0) is 28.9. The van der Waals surface area contributed by atoms with Crippen LogP contribution in [0, 0.1) is 5.41 Å². The number of nitrogens with zero attached hydrogens (tertiary/aromatic N) is 1. The lowest BCUT2D eigenvalue weighted by atomic mass is 9.88. The van der Waals surface area contributed by atoms with Gasteiger partial charge in [-0.1, -0.05) is 59.6 Å². The van der Waals surface area contributed by atoms with E-state index in [4.69, 9.17) is 27.9 Å². The Morgan fingerprint density at radius 2 is 1.62 bits per heavy atom. The van der Waals surface area contributed by atoms with Gasteiger partial charge >= 0.3 is 5.97 Å². The number of carbonyl (C=O) groups is 2. The van der Waals surface area contributed by atoms with Crippen LogP contribution in [0.3, 0.4) is 0 Å². The largest absolute Gasteiger partial charge is 0.481 e. The summed E-state index contributed by atoms with van der Waals surface area (Å²) in [5.74, 6) is -1.54. The minimum absolute atomic E-state index is 0.0715. The third-order valence-electron chi connectivity index (χ3n) is 7.93. The highest BCUT2D eigenvalue weighted by molar-refractivity contribution is 6.30. The Morgan fingerprint density at radius 3 is 2.15 bits per heavy atom. The summed E-state index contributed by atoms with van der Waals surface area (Å²) in [6.45, 7) is 3.34. The third-order valence-corrected chi connectivity index (χ3v) is 8.43. The molecule has 0 aromatic heterocycles. The second-order valence-electron chi connectivity index (χ2n) is 11.3. The molecule has 0 radical (unpaired) electrons. The lowest BCUT2D eigenvalue weighted by Crippen LogP contribution is -2.50. The molecule has 40 heavy (non-hydrogen) atoms. The van der Waals surface area contributed by atoms with E-state index in [0.29, 0.717) is 37.9 Å². The molecule has 0 saturated heterocycles. The van der Waals surface area contributed by atoms with Crippen molar-refractivity contribution in [3.63, 3.8) is 0 Å². The summed E-state index contributed by atoms with van der Waals surface area (Å²) in [5.41, 5.74) is -0.705. The molecule has 0 bridgehead atoms. The van der Waals surface area contributed by atoms with E-state index in [1.807, 2.05) is 0 Å². The number of fused-ring (bicyclic) bond motifs is 1. The van der Waals surface area contributed by atoms with Gasteiger partial charge in [0, 0.05) is 32.2 Å². The van der Waals surface area contributed by atoms with Crippen LogP contribution in [0.2, 0.25) is 10.0 Å². The first kappa shape index (κ1) is 28.6. The van der Waals surface area contributed by atoms with Crippen LogP contribution in [0.25, 0.3) is 0 Å². The van der Waals surface area contributed by atoms with Crippen LogP contribution in [0.5, 0.6) is 0 Å². The monoisotopic (exact) mass is 583 g/mol. The van der Waals surface area contributed by atoms with Gasteiger partial charge in [-0.15, -0.1) is 0 Å². The van der Waals surface area contributed by atoms with Crippen molar-refractivity contribution in [1.82, 2.24) is 4.90 Å². The zero-order valence-corrected chi connectivity index (χ0v) is 23.7. The van der Waals surface area contributed by atoms with E-state index < -0.39 is 41.1 Å². The number of rotatable bonds is 10. The standard InChI is InChI=1S/C31H31Cl2NO6/c1-29(2,39)21-7-12-25-24(15-21)28(38)34(26(16-27(36)37)19-3-8-22(32)9-4-19)31(25,20-5-10-23(33)11-6-20)40-18-30(17-35)13-14-30/h3-12,15,26,35,39H,13-14,16-18H2,1-2H3,(H,36,37). The smallest absolute Gasteiger partial charge is 0.305 e. The summed E-state index contributed by atoms with van der Waals surface area (Å²) < 4.78 is 6.80. The summed E-state index contributed by atoms with van der Waals surface area (Å²) in [6.07, 6.45) is 1.15. The van der Waals surface area contributed by atoms with E-state index in [-0.39, 0.29) is 13.2 Å². The molecule has 5 rings (SSSR count). The summed E-state index contributed by atoms with van der Waals surface area (Å²) in [5, 5.41) is 31.8. The van der Waals surface area contributed by atoms with Crippen molar-refractivity contribution in [2.75, 3.05) is 13.2 Å². The maximum Gasteiger partial charge on any atom is 0.305 e. The minimum atomic E-state index is -1.54. The van der Waals surface area contributed by atoms with Crippen LogP contribution < -0.4 is 0 Å². The van der Waals surface area contributed by atoms with Crippen molar-refractivity contribution in [2.45, 2.75) is 50.5 Å². The van der Waals surface area contributed by atoms with Crippen LogP contribution in [-0.2, 0) is 20.9 Å². The van der Waals surface area contributed by atoms with Crippen molar-refractivity contribution in [3.05, 3.63) is 105 Å². The van der Waals surface area contributed by atoms with Gasteiger partial charge in [-0.2, -0.15) is 0 Å². The maximum absolute atomic E-state index is 14.5. The molecular weight excluding hydrogens is 553 g/mol. The molecule has 3 N–H and O–H groups in total. The van der Waals surface area contributed by atoms with E-state index in [1.54, 1.807) is 80.6 Å². The molecule has 1 fully saturated rings. The van der Waals surface area contributed by atoms with Crippen LogP contribution >= 0.6 is 23.2 Å². The Bertz CT molecular complexity index is 1430. The molecule has 2 aliphatic rings. The molecular formula is C31H31Cl2NO6. The number of aliphatic hydroxyl groups is 2. The Kier molecular flexibility index (Phi) is 7.48. The number of hydrogen-bond acceptors (Lipinski definition) is 5. The van der Waals surface area contributed by atoms with Crippen molar-refractivity contribution < 1.29 is 29.6 Å². The zero-order valence-electron chi connectivity index (χ0n) is 22.2. The molecule has 3 aromatic rings. The van der Waals surface area contributed by atoms with Gasteiger partial charge in [0.15, 0.2) is 5.72 Å². The summed E-state index contributed by atoms with van der Waals surface area (Å²) in [4.78, 5) is 28.2. The van der Waals surface area contributed by atoms with Crippen molar-refractivity contribution >= 4 is 35.1 Å². The van der Waals surface area contributed by atoms with Crippen molar-refractivity contribution in [1.29, 1.82) is 0 Å². The average molecular weight is 584 g/mol. The third kappa shape index (κ3) is 5.13. The van der Waals surface area contributed by atoms with Gasteiger partial charge in [-0.3, -0.25) is 14.5 Å². The van der Waals surface area contributed by atoms with E-state index in [9.17, 15) is 24.9 Å². The highest BCUT2D eigenvalue weighted by Gasteiger charge is 2.57. The average Bonchev–Trinajstić information content (AvgIpc) is 3.66. The fraction of sp³-hybridized carbons (Fsp3) is 0.355. The summed E-state index contributed by atoms with van der Waals surface area (Å²) >= 11 is 12.4. The number of amides is 1. The first-order chi connectivity index (χ1) is 18.9. The first-order valence-corrected chi connectivity index (χ1v) is 13.8. The lowest BCUT2D eigenvalue weighted by Gasteiger charge is -2.44. The Balaban J connectivity index is 1.79. The number of ether oxygens (including phenoxy) is 1. The van der Waals surface area contributed by atoms with Crippen LogP contribution in [0.15, 0.2) is 66.7 Å². The molecule has 210 valence electrons. The molecule has 1 aliphatic carbocycles. The molecule has 2 atom stereocenters. The lowest BCUT2D eigenvalue weighted by molar-refractivity contribution is -0.150. The number of aliphatic carboxylic acids is 1. The fourth-order valence-electron chi connectivity index (χ4n) is 5.35. The number of carbonyl (C=O) groups excluding carboxylic acids is 1. The Labute approximate surface area is 242 Å². The maximum atomic E-state index is 14.5. The quantitative estimate of drug-likeness (QED) is 0.275. The topological polar surface area (TPSA) is 107 Å². The molecule has 1 amide bonds. The normalized spacial score (nSPS) is 20.4. The molecule has 0 spiro atoms. The highest BCUT2D eigenvalue weighted by atomic mass is 35.5. The van der Waals surface area contributed by atoms with Gasteiger partial charge in [0.05, 0.1) is 31.3 Å². The highest BCUT2D eigenvalue weighted by Crippen LogP contribution is 2.54. The second-order valence-corrected chi connectivity index (χ2v) is 12.1. The number of benzene rings is 3. The molecule has 1 heterocycles. The Hall–Kier alpha value is -2.94. The number of carboxylic acid groups (broad SMARTS) is 1. The molecule has 2 unspecified atom stereocenters. The van der Waals surface area contributed by atoms with E-state index in [0.717, 1.165) is 12.8 Å². The van der Waals surface area contributed by atoms with E-state index in [1.165, 1.54) is 4.90 Å². The molecule has 1 saturated carbocycles. The first-order valence-electron chi connectivity index (χ1n) is 13.1. The predicted molar refractivity (Wildman–Crippen MR) is 151 cm³/mol. The van der Waals surface area contributed by atoms with E-state index in [2.05, 4.69) is 0 Å². The number of carboxylic acids is 1. The van der Waals surface area contributed by atoms with Crippen LogP contribution in [0.1, 0.15) is 71.8 Å².